The average molecular weight is 426 g/mol. The summed E-state index contributed by atoms with van der Waals surface area (Å²) >= 11 is 0. The van der Waals surface area contributed by atoms with E-state index in [9.17, 15) is 9.59 Å². The Balaban J connectivity index is 1.80. The van der Waals surface area contributed by atoms with Crippen molar-refractivity contribution in [1.29, 1.82) is 0 Å². The molecular weight excluding hydrogens is 397 g/mol. The smallest absolute Gasteiger partial charge is 0.296 e. The normalized spacial score (nSPS) is 19.3. The molecule has 0 spiro atoms. The highest BCUT2D eigenvalue weighted by molar-refractivity contribution is 6.10. The van der Waals surface area contributed by atoms with Crippen LogP contribution in [-0.2, 0) is 17.6 Å². The molecule has 0 unspecified atom stereocenters. The lowest BCUT2D eigenvalue weighted by molar-refractivity contribution is -0.116. The van der Waals surface area contributed by atoms with E-state index in [1.165, 1.54) is 6.07 Å². The first-order valence-electron chi connectivity index (χ1n) is 10.7. The molecule has 2 aliphatic heterocycles. The van der Waals surface area contributed by atoms with Gasteiger partial charge in [-0.1, -0.05) is 5.92 Å². The second-order valence-electron chi connectivity index (χ2n) is 8.39. The Labute approximate surface area is 181 Å². The molecule has 1 aromatic heterocycles. The predicted molar refractivity (Wildman–Crippen MR) is 119 cm³/mol. The largest absolute Gasteiger partial charge is 0.367 e. The van der Waals surface area contributed by atoms with Crippen LogP contribution in [-0.4, -0.2) is 61.0 Å². The van der Waals surface area contributed by atoms with Crippen LogP contribution in [0.5, 0.6) is 0 Å². The topological polar surface area (TPSA) is 94.5 Å². The number of anilines is 1. The van der Waals surface area contributed by atoms with Crippen molar-refractivity contribution in [1.82, 2.24) is 15.2 Å². The Hall–Kier alpha value is -3.05. The average Bonchev–Trinajstić information content (AvgIpc) is 2.97. The van der Waals surface area contributed by atoms with Gasteiger partial charge in [-0.25, -0.2) is 4.39 Å². The number of hydrogen-bond donors (Lipinski definition) is 3. The quantitative estimate of drug-likeness (QED) is 0.651. The van der Waals surface area contributed by atoms with E-state index in [0.29, 0.717) is 24.3 Å². The highest BCUT2D eigenvalue weighted by Crippen LogP contribution is 2.39. The molecule has 1 atom stereocenters. The third-order valence-electron chi connectivity index (χ3n) is 6.26. The van der Waals surface area contributed by atoms with Gasteiger partial charge in [0.25, 0.3) is 11.8 Å². The van der Waals surface area contributed by atoms with Crippen LogP contribution < -0.4 is 16.0 Å². The molecule has 1 saturated heterocycles. The summed E-state index contributed by atoms with van der Waals surface area (Å²) in [6.45, 7) is 4.52. The maximum Gasteiger partial charge on any atom is 0.296 e. The Kier molecular flexibility index (Phi) is 5.88. The summed E-state index contributed by atoms with van der Waals surface area (Å²) in [4.78, 5) is 31.6. The number of aromatic amines is 1. The highest BCUT2D eigenvalue weighted by atomic mass is 19.1. The van der Waals surface area contributed by atoms with Gasteiger partial charge in [0.2, 0.25) is 0 Å². The van der Waals surface area contributed by atoms with Crippen molar-refractivity contribution >= 4 is 28.4 Å². The van der Waals surface area contributed by atoms with Gasteiger partial charge in [0, 0.05) is 49.7 Å². The van der Waals surface area contributed by atoms with Crippen LogP contribution in [0.15, 0.2) is 6.07 Å². The number of primary amides is 1. The highest BCUT2D eigenvalue weighted by Gasteiger charge is 2.29. The standard InChI is InChI=1S/C23H28FN5O2/c1-3-5-19(30)26-14-6-4-9-29(13-14)22-17(24)12-16(23(25)31)21-20(22)15-7-10-28(2)11-8-18(15)27-21/h12,14,27H,4,6-11,13H2,1-2H3,(H2,25,31)(H,26,30)/t14-/m0/s1. The van der Waals surface area contributed by atoms with Gasteiger partial charge in [0.05, 0.1) is 16.8 Å². The van der Waals surface area contributed by atoms with Gasteiger partial charge in [0.1, 0.15) is 5.82 Å². The van der Waals surface area contributed by atoms with Crippen LogP contribution in [0.4, 0.5) is 10.1 Å². The minimum absolute atomic E-state index is 0.115. The van der Waals surface area contributed by atoms with Gasteiger partial charge in [-0.05, 0) is 50.8 Å². The molecule has 4 rings (SSSR count). The number of hydrogen-bond acceptors (Lipinski definition) is 4. The Bertz CT molecular complexity index is 1100. The Morgan fingerprint density at radius 3 is 2.81 bits per heavy atom. The Morgan fingerprint density at radius 1 is 1.29 bits per heavy atom. The molecule has 8 heteroatoms. The fourth-order valence-electron chi connectivity index (χ4n) is 4.78. The molecule has 0 saturated carbocycles. The second-order valence-corrected chi connectivity index (χ2v) is 8.39. The molecule has 7 nitrogen and oxygen atoms in total. The van der Waals surface area contributed by atoms with Gasteiger partial charge < -0.3 is 25.8 Å². The van der Waals surface area contributed by atoms with E-state index >= 15 is 4.39 Å². The van der Waals surface area contributed by atoms with Gasteiger partial charge in [-0.2, -0.15) is 0 Å². The first kappa shape index (κ1) is 21.2. The summed E-state index contributed by atoms with van der Waals surface area (Å²) in [7, 11) is 2.07. The molecule has 3 heterocycles. The van der Waals surface area contributed by atoms with E-state index in [1.54, 1.807) is 6.92 Å². The number of aromatic nitrogens is 1. The number of nitrogens with one attached hydrogen (secondary N) is 2. The van der Waals surface area contributed by atoms with Crippen molar-refractivity contribution in [3.05, 3.63) is 28.7 Å². The van der Waals surface area contributed by atoms with Crippen LogP contribution in [0.2, 0.25) is 0 Å². The molecule has 0 radical (unpaired) electrons. The third-order valence-corrected chi connectivity index (χ3v) is 6.26. The van der Waals surface area contributed by atoms with Gasteiger partial charge in [-0.15, -0.1) is 0 Å². The molecule has 2 aliphatic rings. The number of nitrogens with two attached hydrogens (primary N) is 1. The molecule has 1 fully saturated rings. The monoisotopic (exact) mass is 425 g/mol. The molecule has 164 valence electrons. The van der Waals surface area contributed by atoms with Crippen LogP contribution in [0.1, 0.15) is 41.4 Å². The Morgan fingerprint density at radius 2 is 2.06 bits per heavy atom. The SMILES string of the molecule is CC#CC(=O)N[C@H]1CCCN(c2c(F)cc(C(N)=O)c3[nH]c4c(c23)CCN(C)CC4)C1. The van der Waals surface area contributed by atoms with Crippen LogP contribution in [0.3, 0.4) is 0 Å². The van der Waals surface area contributed by atoms with E-state index in [0.717, 1.165) is 55.4 Å². The van der Waals surface area contributed by atoms with Gasteiger partial charge in [-0.3, -0.25) is 9.59 Å². The number of halogens is 1. The van der Waals surface area contributed by atoms with Crippen molar-refractivity contribution in [2.75, 3.05) is 38.1 Å². The number of piperidine rings is 1. The maximum absolute atomic E-state index is 15.5. The molecular formula is C23H28FN5O2. The number of likely N-dealkylation sites (N-methyl/N-ethyl adjacent to an activating group) is 1. The first-order valence-corrected chi connectivity index (χ1v) is 10.7. The zero-order chi connectivity index (χ0) is 22.1. The van der Waals surface area contributed by atoms with Crippen LogP contribution in [0.25, 0.3) is 10.9 Å². The van der Waals surface area contributed by atoms with E-state index in [4.69, 9.17) is 5.73 Å². The number of amides is 2. The summed E-state index contributed by atoms with van der Waals surface area (Å²) in [5, 5.41) is 3.67. The molecule has 0 bridgehead atoms. The van der Waals surface area contributed by atoms with Crippen molar-refractivity contribution in [2.24, 2.45) is 5.73 Å². The number of H-pyrrole nitrogens is 1. The van der Waals surface area contributed by atoms with Crippen molar-refractivity contribution in [2.45, 2.75) is 38.6 Å². The lowest BCUT2D eigenvalue weighted by Gasteiger charge is -2.35. The van der Waals surface area contributed by atoms with E-state index in [-0.39, 0.29) is 17.5 Å². The van der Waals surface area contributed by atoms with Crippen molar-refractivity contribution < 1.29 is 14.0 Å². The molecule has 4 N–H and O–H groups in total. The lowest BCUT2D eigenvalue weighted by atomic mass is 9.98. The number of fused-ring (bicyclic) bond motifs is 3. The molecule has 0 aliphatic carbocycles. The third kappa shape index (κ3) is 4.10. The molecule has 2 amide bonds. The van der Waals surface area contributed by atoms with Crippen molar-refractivity contribution in [3.63, 3.8) is 0 Å². The number of carbonyl (C=O) groups is 2. The molecule has 31 heavy (non-hydrogen) atoms. The summed E-state index contributed by atoms with van der Waals surface area (Å²) in [6, 6.07) is 1.13. The predicted octanol–water partition coefficient (Wildman–Crippen LogP) is 1.54. The minimum Gasteiger partial charge on any atom is -0.367 e. The maximum atomic E-state index is 15.5. The lowest BCUT2D eigenvalue weighted by Crippen LogP contribution is -2.47. The number of rotatable bonds is 3. The number of benzene rings is 1. The van der Waals surface area contributed by atoms with E-state index < -0.39 is 11.7 Å². The zero-order valence-electron chi connectivity index (χ0n) is 18.0. The summed E-state index contributed by atoms with van der Waals surface area (Å²) in [5.74, 6) is 3.68. The molecule has 2 aromatic rings. The fourth-order valence-corrected chi connectivity index (χ4v) is 4.78. The zero-order valence-corrected chi connectivity index (χ0v) is 18.0. The number of nitrogens with zero attached hydrogens (tertiary/aromatic N) is 2. The van der Waals surface area contributed by atoms with Crippen molar-refractivity contribution in [3.8, 4) is 11.8 Å². The van der Waals surface area contributed by atoms with E-state index in [2.05, 4.69) is 34.1 Å². The van der Waals surface area contributed by atoms with Gasteiger partial charge >= 0.3 is 0 Å². The second kappa shape index (κ2) is 8.60. The summed E-state index contributed by atoms with van der Waals surface area (Å²) < 4.78 is 15.5. The minimum atomic E-state index is -0.647. The van der Waals surface area contributed by atoms with Crippen LogP contribution in [0, 0.1) is 17.7 Å². The fraction of sp³-hybridized carbons (Fsp3) is 0.478. The summed E-state index contributed by atoms with van der Waals surface area (Å²) in [6.07, 6.45) is 3.20. The first-order chi connectivity index (χ1) is 14.9. The molecule has 1 aromatic carbocycles. The number of carbonyl (C=O) groups excluding carboxylic acids is 2. The van der Waals surface area contributed by atoms with E-state index in [1.807, 2.05) is 4.90 Å². The van der Waals surface area contributed by atoms with Gasteiger partial charge in [0.15, 0.2) is 0 Å². The van der Waals surface area contributed by atoms with Crippen LogP contribution >= 0.6 is 0 Å². The summed E-state index contributed by atoms with van der Waals surface area (Å²) in [5.41, 5.74) is 8.96.